The van der Waals surface area contributed by atoms with Gasteiger partial charge in [-0.1, -0.05) is 48.5 Å². The summed E-state index contributed by atoms with van der Waals surface area (Å²) in [6.45, 7) is 0. The quantitative estimate of drug-likeness (QED) is 0.798. The molecule has 0 spiro atoms. The van der Waals surface area contributed by atoms with Crippen molar-refractivity contribution in [3.05, 3.63) is 98.8 Å². The molecular weight excluding hydrogens is 264 g/mol. The molecule has 2 aromatic carbocycles. The number of para-hydroxylation sites is 1. The van der Waals surface area contributed by atoms with Crippen LogP contribution in [0.4, 0.5) is 0 Å². The SMILES string of the molecule is O=c1[nH]c(=O)n(-c2ccccc2)cc1Cc1ccccc1. The summed E-state index contributed by atoms with van der Waals surface area (Å²) in [6.07, 6.45) is 2.10. The van der Waals surface area contributed by atoms with E-state index in [0.717, 1.165) is 11.3 Å². The number of nitrogens with one attached hydrogen (secondary N) is 1. The molecule has 1 aromatic heterocycles. The zero-order valence-corrected chi connectivity index (χ0v) is 11.3. The number of rotatable bonds is 3. The Hall–Kier alpha value is -2.88. The molecule has 0 aliphatic heterocycles. The fourth-order valence-corrected chi connectivity index (χ4v) is 2.23. The topological polar surface area (TPSA) is 54.9 Å². The smallest absolute Gasteiger partial charge is 0.273 e. The Morgan fingerprint density at radius 3 is 2.14 bits per heavy atom. The van der Waals surface area contributed by atoms with Crippen LogP contribution in [0.3, 0.4) is 0 Å². The first kappa shape index (κ1) is 13.1. The second kappa shape index (κ2) is 5.63. The van der Waals surface area contributed by atoms with E-state index in [4.69, 9.17) is 0 Å². The van der Waals surface area contributed by atoms with Gasteiger partial charge in [0.15, 0.2) is 0 Å². The average molecular weight is 278 g/mol. The van der Waals surface area contributed by atoms with Crippen LogP contribution in [0, 0.1) is 0 Å². The summed E-state index contributed by atoms with van der Waals surface area (Å²) in [5, 5.41) is 0. The van der Waals surface area contributed by atoms with E-state index in [1.165, 1.54) is 4.57 Å². The molecule has 3 rings (SSSR count). The predicted octanol–water partition coefficient (Wildman–Crippen LogP) is 2.12. The maximum absolute atomic E-state index is 12.0. The lowest BCUT2D eigenvalue weighted by atomic mass is 10.1. The first-order valence-corrected chi connectivity index (χ1v) is 6.68. The zero-order valence-electron chi connectivity index (χ0n) is 11.3. The molecule has 0 fully saturated rings. The Balaban J connectivity index is 2.07. The van der Waals surface area contributed by atoms with Crippen molar-refractivity contribution in [1.29, 1.82) is 0 Å². The Labute approximate surface area is 121 Å². The minimum atomic E-state index is -0.428. The normalized spacial score (nSPS) is 10.5. The van der Waals surface area contributed by atoms with Crippen molar-refractivity contribution < 1.29 is 0 Å². The third-order valence-electron chi connectivity index (χ3n) is 3.29. The predicted molar refractivity (Wildman–Crippen MR) is 81.9 cm³/mol. The zero-order chi connectivity index (χ0) is 14.7. The molecule has 0 saturated carbocycles. The van der Waals surface area contributed by atoms with Crippen LogP contribution < -0.4 is 11.2 Å². The van der Waals surface area contributed by atoms with Gasteiger partial charge >= 0.3 is 5.69 Å². The van der Waals surface area contributed by atoms with Gasteiger partial charge in [0, 0.05) is 18.2 Å². The average Bonchev–Trinajstić information content (AvgIpc) is 2.52. The van der Waals surface area contributed by atoms with Gasteiger partial charge in [-0.25, -0.2) is 4.79 Å². The minimum absolute atomic E-state index is 0.337. The van der Waals surface area contributed by atoms with Crippen LogP contribution >= 0.6 is 0 Å². The fraction of sp³-hybridized carbons (Fsp3) is 0.0588. The van der Waals surface area contributed by atoms with Gasteiger partial charge in [-0.05, 0) is 17.7 Å². The van der Waals surface area contributed by atoms with E-state index in [-0.39, 0.29) is 5.56 Å². The Kier molecular flexibility index (Phi) is 3.51. The first-order valence-electron chi connectivity index (χ1n) is 6.68. The van der Waals surface area contributed by atoms with Crippen LogP contribution in [0.25, 0.3) is 5.69 Å². The van der Waals surface area contributed by atoms with Crippen molar-refractivity contribution in [2.45, 2.75) is 6.42 Å². The van der Waals surface area contributed by atoms with Crippen molar-refractivity contribution in [3.63, 3.8) is 0 Å². The Bertz CT molecular complexity index is 849. The van der Waals surface area contributed by atoms with E-state index in [2.05, 4.69) is 4.98 Å². The maximum atomic E-state index is 12.0. The van der Waals surface area contributed by atoms with Gasteiger partial charge in [0.1, 0.15) is 0 Å². The van der Waals surface area contributed by atoms with Crippen LogP contribution in [0.1, 0.15) is 11.1 Å². The highest BCUT2D eigenvalue weighted by atomic mass is 16.2. The lowest BCUT2D eigenvalue weighted by Gasteiger charge is -2.07. The van der Waals surface area contributed by atoms with Crippen LogP contribution in [-0.2, 0) is 6.42 Å². The van der Waals surface area contributed by atoms with Crippen molar-refractivity contribution >= 4 is 0 Å². The molecule has 0 aliphatic carbocycles. The summed E-state index contributed by atoms with van der Waals surface area (Å²) >= 11 is 0. The first-order chi connectivity index (χ1) is 10.2. The van der Waals surface area contributed by atoms with E-state index in [1.54, 1.807) is 6.20 Å². The van der Waals surface area contributed by atoms with Gasteiger partial charge in [0.2, 0.25) is 0 Å². The highest BCUT2D eigenvalue weighted by Crippen LogP contribution is 2.07. The highest BCUT2D eigenvalue weighted by Gasteiger charge is 2.07. The molecule has 4 heteroatoms. The molecule has 4 nitrogen and oxygen atoms in total. The van der Waals surface area contributed by atoms with Gasteiger partial charge in [-0.15, -0.1) is 0 Å². The minimum Gasteiger partial charge on any atom is -0.273 e. The largest absolute Gasteiger partial charge is 0.332 e. The van der Waals surface area contributed by atoms with Crippen LogP contribution in [0.5, 0.6) is 0 Å². The number of hydrogen-bond donors (Lipinski definition) is 1. The summed E-state index contributed by atoms with van der Waals surface area (Å²) in [5.41, 5.74) is 1.55. The molecule has 21 heavy (non-hydrogen) atoms. The van der Waals surface area contributed by atoms with Crippen molar-refractivity contribution in [1.82, 2.24) is 9.55 Å². The number of nitrogens with zero attached hydrogens (tertiary/aromatic N) is 1. The van der Waals surface area contributed by atoms with E-state index < -0.39 is 5.69 Å². The van der Waals surface area contributed by atoms with Crippen LogP contribution in [-0.4, -0.2) is 9.55 Å². The molecule has 0 aliphatic rings. The van der Waals surface area contributed by atoms with Gasteiger partial charge in [-0.2, -0.15) is 0 Å². The molecule has 0 atom stereocenters. The summed E-state index contributed by atoms with van der Waals surface area (Å²) in [6, 6.07) is 18.9. The molecule has 0 bridgehead atoms. The number of aromatic nitrogens is 2. The van der Waals surface area contributed by atoms with E-state index >= 15 is 0 Å². The van der Waals surface area contributed by atoms with E-state index in [9.17, 15) is 9.59 Å². The summed E-state index contributed by atoms with van der Waals surface area (Å²) in [5.74, 6) is 0. The molecular formula is C17H14N2O2. The van der Waals surface area contributed by atoms with Gasteiger partial charge < -0.3 is 0 Å². The van der Waals surface area contributed by atoms with E-state index in [0.29, 0.717) is 12.0 Å². The number of benzene rings is 2. The number of hydrogen-bond acceptors (Lipinski definition) is 2. The van der Waals surface area contributed by atoms with Gasteiger partial charge in [0.05, 0.1) is 5.69 Å². The lowest BCUT2D eigenvalue weighted by molar-refractivity contribution is 0.866. The highest BCUT2D eigenvalue weighted by molar-refractivity contribution is 5.32. The second-order valence-corrected chi connectivity index (χ2v) is 4.78. The maximum Gasteiger partial charge on any atom is 0.332 e. The standard InChI is InChI=1S/C17H14N2O2/c20-16-14(11-13-7-3-1-4-8-13)12-19(17(21)18-16)15-9-5-2-6-10-15/h1-10,12H,11H2,(H,18,20,21). The Morgan fingerprint density at radius 1 is 0.857 bits per heavy atom. The lowest BCUT2D eigenvalue weighted by Crippen LogP contribution is -2.30. The number of aromatic amines is 1. The van der Waals surface area contributed by atoms with Crippen molar-refractivity contribution in [2.24, 2.45) is 0 Å². The van der Waals surface area contributed by atoms with Crippen molar-refractivity contribution in [2.75, 3.05) is 0 Å². The summed E-state index contributed by atoms with van der Waals surface area (Å²) in [7, 11) is 0. The van der Waals surface area contributed by atoms with Crippen molar-refractivity contribution in [3.8, 4) is 5.69 Å². The summed E-state index contributed by atoms with van der Waals surface area (Å²) in [4.78, 5) is 26.3. The Morgan fingerprint density at radius 2 is 1.48 bits per heavy atom. The van der Waals surface area contributed by atoms with Gasteiger partial charge in [0.25, 0.3) is 5.56 Å². The second-order valence-electron chi connectivity index (χ2n) is 4.78. The molecule has 1 heterocycles. The number of H-pyrrole nitrogens is 1. The summed E-state index contributed by atoms with van der Waals surface area (Å²) < 4.78 is 1.46. The molecule has 0 amide bonds. The molecule has 1 N–H and O–H groups in total. The monoisotopic (exact) mass is 278 g/mol. The third-order valence-corrected chi connectivity index (χ3v) is 3.29. The van der Waals surface area contributed by atoms with Gasteiger partial charge in [-0.3, -0.25) is 14.3 Å². The molecule has 0 radical (unpaired) electrons. The van der Waals surface area contributed by atoms with Crippen LogP contribution in [0.2, 0.25) is 0 Å². The van der Waals surface area contributed by atoms with Crippen LogP contribution in [0.15, 0.2) is 76.4 Å². The molecule has 0 saturated heterocycles. The van der Waals surface area contributed by atoms with E-state index in [1.807, 2.05) is 60.7 Å². The molecule has 3 aromatic rings. The molecule has 104 valence electrons. The fourth-order valence-electron chi connectivity index (χ4n) is 2.23. The third kappa shape index (κ3) is 2.84. The molecule has 0 unspecified atom stereocenters.